The van der Waals surface area contributed by atoms with Gasteiger partial charge in [0, 0.05) is 61.0 Å². The van der Waals surface area contributed by atoms with E-state index in [9.17, 15) is 9.59 Å². The average Bonchev–Trinajstić information content (AvgIpc) is 3.52. The van der Waals surface area contributed by atoms with Crippen LogP contribution < -0.4 is 5.32 Å². The largest absolute Gasteiger partial charge is 0.465 e. The van der Waals surface area contributed by atoms with E-state index in [0.29, 0.717) is 31.9 Å². The van der Waals surface area contributed by atoms with Crippen molar-refractivity contribution in [3.05, 3.63) is 48.3 Å². The second kappa shape index (κ2) is 11.3. The van der Waals surface area contributed by atoms with Crippen molar-refractivity contribution in [3.63, 3.8) is 0 Å². The molecule has 0 radical (unpaired) electrons. The molecule has 2 atom stereocenters. The quantitative estimate of drug-likeness (QED) is 0.451. The highest BCUT2D eigenvalue weighted by atomic mass is 16.5. The van der Waals surface area contributed by atoms with Gasteiger partial charge in [-0.15, -0.1) is 0 Å². The SMILES string of the molecule is CCC(C(=O)N1CCN=C1Nc1ccc2nccnc2c1C)C(COC(=O)C(C)(C)C)Cc1cncn1C. The fraction of sp³-hybridized carbons (Fsp3) is 0.500. The molecule has 3 heterocycles. The van der Waals surface area contributed by atoms with E-state index in [0.717, 1.165) is 28.0 Å². The number of nitrogens with zero attached hydrogens (tertiary/aromatic N) is 6. The van der Waals surface area contributed by atoms with E-state index in [-0.39, 0.29) is 30.3 Å². The number of imidazole rings is 1. The third-order valence-electron chi connectivity index (χ3n) is 7.00. The van der Waals surface area contributed by atoms with Gasteiger partial charge >= 0.3 is 5.97 Å². The van der Waals surface area contributed by atoms with Gasteiger partial charge in [0.15, 0.2) is 0 Å². The van der Waals surface area contributed by atoms with E-state index in [1.165, 1.54) is 0 Å². The van der Waals surface area contributed by atoms with Crippen LogP contribution in [0.15, 0.2) is 42.0 Å². The molecule has 10 heteroatoms. The molecule has 1 aliphatic rings. The highest BCUT2D eigenvalue weighted by molar-refractivity contribution is 6.06. The second-order valence-electron chi connectivity index (χ2n) is 10.8. The Balaban J connectivity index is 1.55. The molecule has 10 nitrogen and oxygen atoms in total. The molecule has 1 aliphatic heterocycles. The highest BCUT2D eigenvalue weighted by Crippen LogP contribution is 2.28. The van der Waals surface area contributed by atoms with Crippen LogP contribution in [0.3, 0.4) is 0 Å². The maximum absolute atomic E-state index is 14.0. The fourth-order valence-electron chi connectivity index (χ4n) is 4.68. The predicted molar refractivity (Wildman–Crippen MR) is 147 cm³/mol. The van der Waals surface area contributed by atoms with Gasteiger partial charge in [0.05, 0.1) is 35.9 Å². The van der Waals surface area contributed by atoms with E-state index in [1.54, 1.807) is 29.8 Å². The molecule has 1 aromatic carbocycles. The van der Waals surface area contributed by atoms with E-state index in [1.807, 2.05) is 58.4 Å². The zero-order chi connectivity index (χ0) is 27.4. The molecule has 0 saturated carbocycles. The van der Waals surface area contributed by atoms with Crippen LogP contribution in [0.1, 0.15) is 45.4 Å². The third-order valence-corrected chi connectivity index (χ3v) is 7.00. The summed E-state index contributed by atoms with van der Waals surface area (Å²) >= 11 is 0. The molecule has 1 N–H and O–H groups in total. The lowest BCUT2D eigenvalue weighted by Gasteiger charge is -2.30. The molecule has 202 valence electrons. The molecule has 38 heavy (non-hydrogen) atoms. The minimum absolute atomic E-state index is 0.0338. The third kappa shape index (κ3) is 5.84. The molecular weight excluding hydrogens is 482 g/mol. The lowest BCUT2D eigenvalue weighted by atomic mass is 9.85. The van der Waals surface area contributed by atoms with Crippen LogP contribution in [0.2, 0.25) is 0 Å². The number of ether oxygens (including phenoxy) is 1. The Morgan fingerprint density at radius 1 is 1.18 bits per heavy atom. The van der Waals surface area contributed by atoms with Crippen LogP contribution >= 0.6 is 0 Å². The van der Waals surface area contributed by atoms with Gasteiger partial charge in [-0.05, 0) is 52.7 Å². The molecule has 2 aromatic heterocycles. The number of rotatable bonds is 8. The number of aryl methyl sites for hydroxylation is 2. The fourth-order valence-corrected chi connectivity index (χ4v) is 4.68. The van der Waals surface area contributed by atoms with Crippen molar-refractivity contribution >= 4 is 34.6 Å². The van der Waals surface area contributed by atoms with Crippen molar-refractivity contribution < 1.29 is 14.3 Å². The van der Waals surface area contributed by atoms with Crippen LogP contribution in [-0.4, -0.2) is 62.0 Å². The van der Waals surface area contributed by atoms with Gasteiger partial charge < -0.3 is 14.6 Å². The van der Waals surface area contributed by atoms with Gasteiger partial charge in [0.2, 0.25) is 11.9 Å². The van der Waals surface area contributed by atoms with E-state index < -0.39 is 5.41 Å². The molecule has 3 aromatic rings. The molecule has 2 unspecified atom stereocenters. The number of benzene rings is 1. The summed E-state index contributed by atoms with van der Waals surface area (Å²) in [6, 6.07) is 3.84. The number of amides is 1. The number of fused-ring (bicyclic) bond motifs is 1. The average molecular weight is 520 g/mol. The van der Waals surface area contributed by atoms with Crippen molar-refractivity contribution in [1.82, 2.24) is 24.4 Å². The van der Waals surface area contributed by atoms with Crippen molar-refractivity contribution in [3.8, 4) is 0 Å². The minimum atomic E-state index is -0.621. The molecule has 0 saturated heterocycles. The predicted octanol–water partition coefficient (Wildman–Crippen LogP) is 3.76. The number of aliphatic imine (C=N–C) groups is 1. The lowest BCUT2D eigenvalue weighted by Crippen LogP contribution is -2.45. The zero-order valence-corrected chi connectivity index (χ0v) is 23.1. The summed E-state index contributed by atoms with van der Waals surface area (Å²) in [6.07, 6.45) is 8.04. The van der Waals surface area contributed by atoms with Gasteiger partial charge in [0.1, 0.15) is 0 Å². The van der Waals surface area contributed by atoms with Crippen molar-refractivity contribution in [2.24, 2.45) is 29.3 Å². The first kappa shape index (κ1) is 27.2. The topological polar surface area (TPSA) is 115 Å². The number of hydrogen-bond donors (Lipinski definition) is 1. The number of aromatic nitrogens is 4. The Morgan fingerprint density at radius 3 is 2.63 bits per heavy atom. The summed E-state index contributed by atoms with van der Waals surface area (Å²) in [5, 5.41) is 3.36. The van der Waals surface area contributed by atoms with Gasteiger partial charge in [-0.3, -0.25) is 29.4 Å². The number of guanidine groups is 1. The molecule has 1 amide bonds. The Hall–Kier alpha value is -3.82. The molecule has 0 fully saturated rings. The Labute approximate surface area is 223 Å². The lowest BCUT2D eigenvalue weighted by molar-refractivity contribution is -0.156. The molecule has 0 aliphatic carbocycles. The summed E-state index contributed by atoms with van der Waals surface area (Å²) < 4.78 is 7.67. The van der Waals surface area contributed by atoms with Crippen molar-refractivity contribution in [2.45, 2.75) is 47.5 Å². The Morgan fingerprint density at radius 2 is 1.95 bits per heavy atom. The van der Waals surface area contributed by atoms with E-state index >= 15 is 0 Å². The summed E-state index contributed by atoms with van der Waals surface area (Å²) in [5.74, 6) is -0.380. The number of carbonyl (C=O) groups excluding carboxylic acids is 2. The molecule has 0 spiro atoms. The number of nitrogens with one attached hydrogen (secondary N) is 1. The van der Waals surface area contributed by atoms with Crippen LogP contribution in [0.25, 0.3) is 11.0 Å². The summed E-state index contributed by atoms with van der Waals surface area (Å²) in [6.45, 7) is 10.6. The molecular formula is C28H37N7O3. The zero-order valence-electron chi connectivity index (χ0n) is 23.1. The summed E-state index contributed by atoms with van der Waals surface area (Å²) in [5.41, 5.74) is 3.74. The first-order valence-electron chi connectivity index (χ1n) is 13.1. The monoisotopic (exact) mass is 519 g/mol. The van der Waals surface area contributed by atoms with Crippen LogP contribution in [-0.2, 0) is 27.8 Å². The standard InChI is InChI=1S/C28H37N7O3/c1-7-21(19(14-20-15-29-17-34(20)6)16-38-26(37)28(3,4)5)25(36)35-13-12-32-27(35)33-22-8-9-23-24(18(22)2)31-11-10-30-23/h8-11,15,17,19,21H,7,12-14,16H2,1-6H3,(H,32,33). The Kier molecular flexibility index (Phi) is 8.08. The van der Waals surface area contributed by atoms with Gasteiger partial charge in [-0.1, -0.05) is 6.92 Å². The van der Waals surface area contributed by atoms with Crippen LogP contribution in [0.4, 0.5) is 5.69 Å². The maximum Gasteiger partial charge on any atom is 0.311 e. The van der Waals surface area contributed by atoms with Crippen LogP contribution in [0.5, 0.6) is 0 Å². The number of carbonyl (C=O) groups is 2. The van der Waals surface area contributed by atoms with Crippen molar-refractivity contribution in [2.75, 3.05) is 25.0 Å². The molecule has 0 bridgehead atoms. The smallest absolute Gasteiger partial charge is 0.311 e. The number of hydrogen-bond acceptors (Lipinski definition) is 8. The van der Waals surface area contributed by atoms with Crippen LogP contribution in [0, 0.1) is 24.2 Å². The van der Waals surface area contributed by atoms with Gasteiger partial charge in [-0.2, -0.15) is 0 Å². The van der Waals surface area contributed by atoms with E-state index in [4.69, 9.17) is 4.74 Å². The van der Waals surface area contributed by atoms with Gasteiger partial charge in [0.25, 0.3) is 0 Å². The normalized spacial score (nSPS) is 15.3. The highest BCUT2D eigenvalue weighted by Gasteiger charge is 2.36. The maximum atomic E-state index is 14.0. The van der Waals surface area contributed by atoms with E-state index in [2.05, 4.69) is 25.3 Å². The van der Waals surface area contributed by atoms with Gasteiger partial charge in [-0.25, -0.2) is 4.98 Å². The number of anilines is 1. The minimum Gasteiger partial charge on any atom is -0.465 e. The Bertz CT molecular complexity index is 1340. The number of esters is 1. The first-order chi connectivity index (χ1) is 18.1. The van der Waals surface area contributed by atoms with Crippen molar-refractivity contribution in [1.29, 1.82) is 0 Å². The second-order valence-corrected chi connectivity index (χ2v) is 10.8. The first-order valence-corrected chi connectivity index (χ1v) is 13.1. The molecule has 4 rings (SSSR count). The summed E-state index contributed by atoms with van der Waals surface area (Å²) in [7, 11) is 1.93. The summed E-state index contributed by atoms with van der Waals surface area (Å²) in [4.78, 5) is 45.9.